The van der Waals surface area contributed by atoms with Crippen LogP contribution in [0, 0.1) is 12.8 Å². The van der Waals surface area contributed by atoms with Gasteiger partial charge in [-0.15, -0.1) is 11.3 Å². The molecule has 1 aromatic carbocycles. The second-order valence-corrected chi connectivity index (χ2v) is 11.7. The van der Waals surface area contributed by atoms with Crippen molar-refractivity contribution in [1.29, 1.82) is 0 Å². The van der Waals surface area contributed by atoms with Crippen LogP contribution in [0.2, 0.25) is 0 Å². The van der Waals surface area contributed by atoms with Crippen molar-refractivity contribution < 1.29 is 23.9 Å². The standard InChI is InChI=1S/C29H39N5O5S/c1-18(2)22-16-39-24-10-5-4-8-20(24)27(36)32-21(28(37)30-14-6-11-25-31-19(3)17-40-25)12-13-26(35)34-15-7-9-23(34)29(38)33-22/h4-5,8,10,17-18,21-23H,6-7,9,11-16H2,1-3H3,(H,30,37)(H,32,36)(H,33,38)/t21-,22-,23-/m0/s1. The number of carbonyl (C=O) groups excluding carboxylic acids is 4. The first-order valence-corrected chi connectivity index (χ1v) is 14.9. The second-order valence-electron chi connectivity index (χ2n) is 10.8. The first-order valence-electron chi connectivity index (χ1n) is 14.0. The molecule has 0 unspecified atom stereocenters. The lowest BCUT2D eigenvalue weighted by atomic mass is 10.0. The Kier molecular flexibility index (Phi) is 10.1. The molecule has 10 nitrogen and oxygen atoms in total. The van der Waals surface area contributed by atoms with Gasteiger partial charge < -0.3 is 25.6 Å². The van der Waals surface area contributed by atoms with Gasteiger partial charge in [0, 0.05) is 37.0 Å². The van der Waals surface area contributed by atoms with Crippen LogP contribution >= 0.6 is 11.3 Å². The minimum absolute atomic E-state index is 0.0340. The normalized spacial score (nSPS) is 22.4. The molecule has 3 N–H and O–H groups in total. The summed E-state index contributed by atoms with van der Waals surface area (Å²) in [6, 6.07) is 5.05. The Morgan fingerprint density at radius 2 is 2.00 bits per heavy atom. The van der Waals surface area contributed by atoms with Crippen LogP contribution in [0.3, 0.4) is 0 Å². The Morgan fingerprint density at radius 1 is 1.20 bits per heavy atom. The third-order valence-corrected chi connectivity index (χ3v) is 8.39. The second kappa shape index (κ2) is 13.7. The zero-order chi connectivity index (χ0) is 28.6. The van der Waals surface area contributed by atoms with Crippen LogP contribution in [0.25, 0.3) is 0 Å². The summed E-state index contributed by atoms with van der Waals surface area (Å²) in [6.07, 6.45) is 2.92. The number of nitrogens with zero attached hydrogens (tertiary/aromatic N) is 2. The predicted molar refractivity (Wildman–Crippen MR) is 152 cm³/mol. The van der Waals surface area contributed by atoms with E-state index in [1.165, 1.54) is 0 Å². The van der Waals surface area contributed by atoms with Crippen molar-refractivity contribution in [3.05, 3.63) is 45.9 Å². The predicted octanol–water partition coefficient (Wildman–Crippen LogP) is 2.60. The number of para-hydroxylation sites is 1. The Balaban J connectivity index is 1.51. The largest absolute Gasteiger partial charge is 0.491 e. The Hall–Kier alpha value is -3.47. The molecule has 3 heterocycles. The number of nitrogens with one attached hydrogen (secondary N) is 3. The fourth-order valence-corrected chi connectivity index (χ4v) is 5.80. The summed E-state index contributed by atoms with van der Waals surface area (Å²) in [5, 5.41) is 11.8. The molecule has 11 heteroatoms. The van der Waals surface area contributed by atoms with Gasteiger partial charge in [0.05, 0.1) is 16.6 Å². The van der Waals surface area contributed by atoms with Crippen LogP contribution in [0.1, 0.15) is 67.0 Å². The number of ether oxygens (including phenoxy) is 1. The summed E-state index contributed by atoms with van der Waals surface area (Å²) in [5.41, 5.74) is 1.27. The molecule has 3 atom stereocenters. The van der Waals surface area contributed by atoms with Crippen molar-refractivity contribution in [2.45, 2.75) is 77.4 Å². The SMILES string of the molecule is Cc1csc(CCCNC(=O)[C@@H]2CCC(=O)N3CCC[C@H]3C(=O)N[C@H](C(C)C)COc3ccccc3C(=O)N2)n1. The van der Waals surface area contributed by atoms with Gasteiger partial charge >= 0.3 is 0 Å². The number of thiazole rings is 1. The Labute approximate surface area is 239 Å². The molecule has 2 aromatic rings. The van der Waals surface area contributed by atoms with E-state index in [9.17, 15) is 19.2 Å². The number of rotatable bonds is 6. The Bertz CT molecular complexity index is 1210. The fourth-order valence-electron chi connectivity index (χ4n) is 4.99. The highest BCUT2D eigenvalue weighted by Gasteiger charge is 2.36. The molecular formula is C29H39N5O5S. The number of aryl methyl sites for hydroxylation is 2. The molecule has 1 aromatic heterocycles. The smallest absolute Gasteiger partial charge is 0.255 e. The fraction of sp³-hybridized carbons (Fsp3) is 0.552. The first-order chi connectivity index (χ1) is 19.2. The van der Waals surface area contributed by atoms with E-state index in [2.05, 4.69) is 20.9 Å². The van der Waals surface area contributed by atoms with Crippen LogP contribution in [-0.4, -0.2) is 71.3 Å². The highest BCUT2D eigenvalue weighted by atomic mass is 32.1. The maximum absolute atomic E-state index is 13.4. The molecule has 0 bridgehead atoms. The molecule has 1 saturated heterocycles. The molecule has 0 saturated carbocycles. The van der Waals surface area contributed by atoms with Crippen molar-refractivity contribution in [2.24, 2.45) is 5.92 Å². The van der Waals surface area contributed by atoms with Crippen LogP contribution in [0.15, 0.2) is 29.6 Å². The number of benzene rings is 1. The molecule has 2 aliphatic heterocycles. The zero-order valence-electron chi connectivity index (χ0n) is 23.4. The molecule has 2 aliphatic rings. The zero-order valence-corrected chi connectivity index (χ0v) is 24.2. The highest BCUT2D eigenvalue weighted by Crippen LogP contribution is 2.23. The summed E-state index contributed by atoms with van der Waals surface area (Å²) in [7, 11) is 0. The van der Waals surface area contributed by atoms with Gasteiger partial charge in [-0.3, -0.25) is 19.2 Å². The molecule has 4 rings (SSSR count). The maximum atomic E-state index is 13.4. The van der Waals surface area contributed by atoms with E-state index in [1.54, 1.807) is 40.5 Å². The van der Waals surface area contributed by atoms with Gasteiger partial charge in [-0.25, -0.2) is 4.98 Å². The summed E-state index contributed by atoms with van der Waals surface area (Å²) in [4.78, 5) is 59.1. The number of aromatic nitrogens is 1. The number of carbonyl (C=O) groups is 4. The minimum atomic E-state index is -0.921. The third kappa shape index (κ3) is 7.59. The maximum Gasteiger partial charge on any atom is 0.255 e. The number of hydrogen-bond donors (Lipinski definition) is 3. The van der Waals surface area contributed by atoms with Gasteiger partial charge in [-0.2, -0.15) is 0 Å². The van der Waals surface area contributed by atoms with Gasteiger partial charge in [0.15, 0.2) is 0 Å². The monoisotopic (exact) mass is 569 g/mol. The number of fused-ring (bicyclic) bond motifs is 2. The van der Waals surface area contributed by atoms with E-state index in [-0.39, 0.29) is 54.7 Å². The minimum Gasteiger partial charge on any atom is -0.491 e. The topological polar surface area (TPSA) is 130 Å². The molecule has 40 heavy (non-hydrogen) atoms. The molecule has 0 spiro atoms. The summed E-state index contributed by atoms with van der Waals surface area (Å²) in [6.45, 7) is 6.99. The lowest BCUT2D eigenvalue weighted by Gasteiger charge is -2.28. The molecule has 0 aliphatic carbocycles. The van der Waals surface area contributed by atoms with Crippen LogP contribution in [-0.2, 0) is 20.8 Å². The van der Waals surface area contributed by atoms with Crippen molar-refractivity contribution in [2.75, 3.05) is 19.7 Å². The molecule has 0 radical (unpaired) electrons. The first kappa shape index (κ1) is 29.5. The quantitative estimate of drug-likeness (QED) is 0.459. The molecule has 4 amide bonds. The van der Waals surface area contributed by atoms with Gasteiger partial charge in [0.25, 0.3) is 5.91 Å². The van der Waals surface area contributed by atoms with E-state index in [1.807, 2.05) is 26.2 Å². The molecular weight excluding hydrogens is 530 g/mol. The molecule has 1 fully saturated rings. The van der Waals surface area contributed by atoms with Crippen LogP contribution in [0.4, 0.5) is 0 Å². The van der Waals surface area contributed by atoms with Crippen molar-refractivity contribution in [3.63, 3.8) is 0 Å². The lowest BCUT2D eigenvalue weighted by Crippen LogP contribution is -2.52. The van der Waals surface area contributed by atoms with Gasteiger partial charge in [-0.05, 0) is 50.7 Å². The van der Waals surface area contributed by atoms with Gasteiger partial charge in [0.2, 0.25) is 17.7 Å². The van der Waals surface area contributed by atoms with Crippen molar-refractivity contribution in [3.8, 4) is 5.75 Å². The van der Waals surface area contributed by atoms with E-state index in [0.717, 1.165) is 23.5 Å². The van der Waals surface area contributed by atoms with Gasteiger partial charge in [-0.1, -0.05) is 26.0 Å². The van der Waals surface area contributed by atoms with Crippen LogP contribution in [0.5, 0.6) is 5.75 Å². The number of hydrogen-bond acceptors (Lipinski definition) is 7. The van der Waals surface area contributed by atoms with Crippen LogP contribution < -0.4 is 20.7 Å². The average Bonchev–Trinajstić information content (AvgIpc) is 3.59. The lowest BCUT2D eigenvalue weighted by molar-refractivity contribution is -0.139. The summed E-state index contributed by atoms with van der Waals surface area (Å²) >= 11 is 1.59. The highest BCUT2D eigenvalue weighted by molar-refractivity contribution is 7.09. The van der Waals surface area contributed by atoms with E-state index in [0.29, 0.717) is 31.7 Å². The van der Waals surface area contributed by atoms with E-state index >= 15 is 0 Å². The van der Waals surface area contributed by atoms with Crippen molar-refractivity contribution in [1.82, 2.24) is 25.8 Å². The van der Waals surface area contributed by atoms with Gasteiger partial charge in [0.1, 0.15) is 24.4 Å². The summed E-state index contributed by atoms with van der Waals surface area (Å²) < 4.78 is 6.05. The van der Waals surface area contributed by atoms with E-state index in [4.69, 9.17) is 4.74 Å². The summed E-state index contributed by atoms with van der Waals surface area (Å²) in [5.74, 6) is -0.771. The molecule has 216 valence electrons. The average molecular weight is 570 g/mol. The number of amides is 4. The van der Waals surface area contributed by atoms with E-state index < -0.39 is 18.0 Å². The Morgan fingerprint density at radius 3 is 2.75 bits per heavy atom. The van der Waals surface area contributed by atoms with Crippen molar-refractivity contribution >= 4 is 35.0 Å². The third-order valence-electron chi connectivity index (χ3n) is 7.36.